The number of nitrogens with zero attached hydrogens (tertiary/aromatic N) is 7. The highest BCUT2D eigenvalue weighted by atomic mass is 16.5. The Morgan fingerprint density at radius 3 is 2.38 bits per heavy atom. The predicted octanol–water partition coefficient (Wildman–Crippen LogP) is 2.00. The van der Waals surface area contributed by atoms with Crippen LogP contribution in [0.2, 0.25) is 0 Å². The molecule has 3 aromatic rings. The lowest BCUT2D eigenvalue weighted by Crippen LogP contribution is -2.49. The molecule has 2 fully saturated rings. The van der Waals surface area contributed by atoms with E-state index >= 15 is 0 Å². The third-order valence-electron chi connectivity index (χ3n) is 6.80. The molecule has 0 saturated carbocycles. The molecule has 5 rings (SSSR count). The molecule has 196 valence electrons. The van der Waals surface area contributed by atoms with Crippen LogP contribution in [-0.2, 0) is 11.8 Å². The Kier molecular flexibility index (Phi) is 7.13. The topological polar surface area (TPSA) is 98.1 Å². The number of anilines is 2. The number of ether oxygens (including phenoxy) is 3. The van der Waals surface area contributed by atoms with Crippen LogP contribution in [0.5, 0.6) is 11.5 Å². The van der Waals surface area contributed by atoms with Gasteiger partial charge in [-0.15, -0.1) is 0 Å². The van der Waals surface area contributed by atoms with Crippen molar-refractivity contribution in [1.82, 2.24) is 24.6 Å². The van der Waals surface area contributed by atoms with Crippen LogP contribution in [0.4, 0.5) is 11.8 Å². The second-order valence-electron chi connectivity index (χ2n) is 9.15. The van der Waals surface area contributed by atoms with Gasteiger partial charge in [-0.1, -0.05) is 0 Å². The number of carbonyl (C=O) groups is 1. The number of piperazine rings is 1. The Bertz CT molecular complexity index is 1260. The molecule has 2 saturated heterocycles. The van der Waals surface area contributed by atoms with E-state index < -0.39 is 0 Å². The van der Waals surface area contributed by atoms with Gasteiger partial charge in [-0.3, -0.25) is 9.48 Å². The summed E-state index contributed by atoms with van der Waals surface area (Å²) in [5.74, 6) is 2.95. The Morgan fingerprint density at radius 2 is 1.68 bits per heavy atom. The van der Waals surface area contributed by atoms with Gasteiger partial charge in [0.05, 0.1) is 33.1 Å². The quantitative estimate of drug-likeness (QED) is 0.496. The minimum atomic E-state index is -0.0538. The average Bonchev–Trinajstić information content (AvgIpc) is 3.33. The van der Waals surface area contributed by atoms with Gasteiger partial charge in [-0.05, 0) is 31.2 Å². The number of hydrogen-bond donors (Lipinski definition) is 0. The fourth-order valence-electron chi connectivity index (χ4n) is 4.72. The van der Waals surface area contributed by atoms with Gasteiger partial charge in [0.2, 0.25) is 5.95 Å². The predicted molar refractivity (Wildman–Crippen MR) is 140 cm³/mol. The summed E-state index contributed by atoms with van der Waals surface area (Å²) < 4.78 is 18.0. The molecule has 11 heteroatoms. The second-order valence-corrected chi connectivity index (χ2v) is 9.15. The Labute approximate surface area is 216 Å². The van der Waals surface area contributed by atoms with E-state index in [9.17, 15) is 4.79 Å². The summed E-state index contributed by atoms with van der Waals surface area (Å²) in [6.45, 7) is 7.53. The summed E-state index contributed by atoms with van der Waals surface area (Å²) in [5, 5.41) is 4.60. The zero-order chi connectivity index (χ0) is 25.9. The average molecular weight is 508 g/mol. The van der Waals surface area contributed by atoms with Gasteiger partial charge in [0, 0.05) is 63.6 Å². The second kappa shape index (κ2) is 10.6. The van der Waals surface area contributed by atoms with Crippen molar-refractivity contribution in [3.8, 4) is 22.8 Å². The van der Waals surface area contributed by atoms with Crippen molar-refractivity contribution in [1.29, 1.82) is 0 Å². The smallest absolute Gasteiger partial charge is 0.272 e. The van der Waals surface area contributed by atoms with Crippen molar-refractivity contribution in [2.45, 2.75) is 6.92 Å². The first kappa shape index (κ1) is 24.8. The van der Waals surface area contributed by atoms with Crippen LogP contribution in [0.3, 0.4) is 0 Å². The van der Waals surface area contributed by atoms with E-state index in [0.717, 1.165) is 30.2 Å². The maximum atomic E-state index is 13.4. The van der Waals surface area contributed by atoms with Gasteiger partial charge in [-0.2, -0.15) is 10.1 Å². The lowest BCUT2D eigenvalue weighted by molar-refractivity contribution is 0.0735. The van der Waals surface area contributed by atoms with Gasteiger partial charge in [-0.25, -0.2) is 4.98 Å². The monoisotopic (exact) mass is 507 g/mol. The summed E-state index contributed by atoms with van der Waals surface area (Å²) in [5.41, 5.74) is 2.88. The molecule has 37 heavy (non-hydrogen) atoms. The maximum absolute atomic E-state index is 13.4. The molecule has 0 spiro atoms. The first-order valence-electron chi connectivity index (χ1n) is 12.5. The van der Waals surface area contributed by atoms with E-state index in [4.69, 9.17) is 19.2 Å². The van der Waals surface area contributed by atoms with Gasteiger partial charge in [0.15, 0.2) is 0 Å². The number of carbonyl (C=O) groups excluding carboxylic acids is 1. The minimum Gasteiger partial charge on any atom is -0.497 e. The van der Waals surface area contributed by atoms with Gasteiger partial charge >= 0.3 is 0 Å². The van der Waals surface area contributed by atoms with Crippen molar-refractivity contribution >= 4 is 17.7 Å². The normalized spacial score (nSPS) is 16.2. The minimum absolute atomic E-state index is 0.0538. The molecular weight excluding hydrogens is 474 g/mol. The molecule has 0 radical (unpaired) electrons. The van der Waals surface area contributed by atoms with Crippen molar-refractivity contribution in [3.63, 3.8) is 0 Å². The highest BCUT2D eigenvalue weighted by Gasteiger charge is 2.27. The van der Waals surface area contributed by atoms with Crippen molar-refractivity contribution < 1.29 is 19.0 Å². The van der Waals surface area contributed by atoms with Crippen LogP contribution in [0.15, 0.2) is 30.3 Å². The molecular formula is C26H33N7O4. The van der Waals surface area contributed by atoms with Gasteiger partial charge in [0.1, 0.15) is 23.0 Å². The maximum Gasteiger partial charge on any atom is 0.272 e. The highest BCUT2D eigenvalue weighted by molar-refractivity contribution is 5.94. The number of morpholine rings is 1. The molecule has 2 aromatic heterocycles. The number of hydrogen-bond acceptors (Lipinski definition) is 9. The SMILES string of the molecule is COc1ccc(OC)c(-c2cc(C(=O)N3CCN(c4nc(C)cc(N5CCOCC5)n4)CC3)n(C)n2)c1. The largest absolute Gasteiger partial charge is 0.497 e. The number of aryl methyl sites for hydroxylation is 2. The zero-order valence-electron chi connectivity index (χ0n) is 21.8. The molecule has 2 aliphatic heterocycles. The number of aromatic nitrogens is 4. The summed E-state index contributed by atoms with van der Waals surface area (Å²) >= 11 is 0. The third kappa shape index (κ3) is 5.17. The van der Waals surface area contributed by atoms with Crippen LogP contribution in [0.1, 0.15) is 16.2 Å². The van der Waals surface area contributed by atoms with Crippen LogP contribution in [-0.4, -0.2) is 97.3 Å². The Morgan fingerprint density at radius 1 is 0.919 bits per heavy atom. The first-order valence-corrected chi connectivity index (χ1v) is 12.5. The van der Waals surface area contributed by atoms with Crippen molar-refractivity contribution in [3.05, 3.63) is 41.7 Å². The van der Waals surface area contributed by atoms with E-state index in [0.29, 0.717) is 68.2 Å². The third-order valence-corrected chi connectivity index (χ3v) is 6.80. The molecule has 4 heterocycles. The summed E-state index contributed by atoms with van der Waals surface area (Å²) in [7, 11) is 5.01. The molecule has 2 aliphatic rings. The summed E-state index contributed by atoms with van der Waals surface area (Å²) in [6.07, 6.45) is 0. The molecule has 1 aromatic carbocycles. The van der Waals surface area contributed by atoms with Gasteiger partial charge in [0.25, 0.3) is 5.91 Å². The molecule has 0 atom stereocenters. The lowest BCUT2D eigenvalue weighted by Gasteiger charge is -2.35. The summed E-state index contributed by atoms with van der Waals surface area (Å²) in [6, 6.07) is 9.36. The van der Waals surface area contributed by atoms with E-state index in [1.807, 2.05) is 42.2 Å². The fraction of sp³-hybridized carbons (Fsp3) is 0.462. The molecule has 0 aliphatic carbocycles. The van der Waals surface area contributed by atoms with Crippen molar-refractivity contribution in [2.24, 2.45) is 7.05 Å². The number of amides is 1. The Balaban J connectivity index is 1.29. The Hall–Kier alpha value is -3.86. The van der Waals surface area contributed by atoms with E-state index in [2.05, 4.69) is 19.9 Å². The fourth-order valence-corrected chi connectivity index (χ4v) is 4.72. The number of methoxy groups -OCH3 is 2. The van der Waals surface area contributed by atoms with Crippen LogP contribution in [0.25, 0.3) is 11.3 Å². The number of rotatable bonds is 6. The number of benzene rings is 1. The van der Waals surface area contributed by atoms with Crippen molar-refractivity contribution in [2.75, 3.05) is 76.5 Å². The lowest BCUT2D eigenvalue weighted by atomic mass is 10.1. The molecule has 0 bridgehead atoms. The molecule has 0 N–H and O–H groups in total. The van der Waals surface area contributed by atoms with Crippen LogP contribution >= 0.6 is 0 Å². The van der Waals surface area contributed by atoms with Crippen LogP contribution in [0, 0.1) is 6.92 Å². The molecule has 11 nitrogen and oxygen atoms in total. The molecule has 1 amide bonds. The standard InChI is InChI=1S/C26H33N7O4/c1-18-15-24(31-11-13-37-14-12-31)28-26(27-18)33-9-7-32(8-10-33)25(34)22-17-21(29-30(22)2)20-16-19(35-3)5-6-23(20)36-4/h5-6,15-17H,7-14H2,1-4H3. The first-order chi connectivity index (χ1) is 18.0. The van der Waals surface area contributed by atoms with E-state index in [-0.39, 0.29) is 5.91 Å². The van der Waals surface area contributed by atoms with E-state index in [1.54, 1.807) is 25.9 Å². The van der Waals surface area contributed by atoms with Gasteiger partial charge < -0.3 is 28.9 Å². The molecule has 0 unspecified atom stereocenters. The van der Waals surface area contributed by atoms with Crippen LogP contribution < -0.4 is 19.3 Å². The summed E-state index contributed by atoms with van der Waals surface area (Å²) in [4.78, 5) is 29.2. The highest BCUT2D eigenvalue weighted by Crippen LogP contribution is 2.33. The van der Waals surface area contributed by atoms with E-state index in [1.165, 1.54) is 0 Å². The zero-order valence-corrected chi connectivity index (χ0v) is 21.8.